The molecule has 0 atom stereocenters. The molecule has 28 heavy (non-hydrogen) atoms. The van der Waals surface area contributed by atoms with Gasteiger partial charge in [-0.15, -0.1) is 0 Å². The largest absolute Gasteiger partial charge is 0.457 e. The van der Waals surface area contributed by atoms with E-state index >= 15 is 0 Å². The Hall–Kier alpha value is -3.42. The zero-order chi connectivity index (χ0) is 19.7. The molecule has 0 fully saturated rings. The Bertz CT molecular complexity index is 1260. The molecule has 2 aromatic heterocycles. The van der Waals surface area contributed by atoms with Crippen LogP contribution in [0, 0.1) is 0 Å². The third kappa shape index (κ3) is 3.66. The van der Waals surface area contributed by atoms with E-state index in [-0.39, 0.29) is 16.4 Å². The van der Waals surface area contributed by atoms with Gasteiger partial charge in [-0.1, -0.05) is 18.2 Å². The van der Waals surface area contributed by atoms with E-state index in [9.17, 15) is 13.2 Å². The second-order valence-corrected chi connectivity index (χ2v) is 7.68. The van der Waals surface area contributed by atoms with Crippen LogP contribution in [0.15, 0.2) is 86.5 Å². The second-order valence-electron chi connectivity index (χ2n) is 6.12. The fraction of sp³-hybridized carbons (Fsp3) is 0. The van der Waals surface area contributed by atoms with E-state index in [1.807, 2.05) is 18.2 Å². The molecular weight excluding hydrogens is 378 g/mol. The summed E-state index contributed by atoms with van der Waals surface area (Å²) in [4.78, 5) is 12.3. The van der Waals surface area contributed by atoms with Gasteiger partial charge < -0.3 is 8.83 Å². The number of hydrogen-bond acceptors (Lipinski definition) is 5. The first-order valence-corrected chi connectivity index (χ1v) is 9.89. The molecule has 7 heteroatoms. The highest BCUT2D eigenvalue weighted by Crippen LogP contribution is 2.24. The number of allylic oxidation sites excluding steroid dienone is 1. The van der Waals surface area contributed by atoms with Crippen LogP contribution in [0.25, 0.3) is 28.4 Å². The molecule has 2 N–H and O–H groups in total. The summed E-state index contributed by atoms with van der Waals surface area (Å²) in [5, 5.41) is 5.95. The van der Waals surface area contributed by atoms with Gasteiger partial charge in [0.05, 0.1) is 4.90 Å². The summed E-state index contributed by atoms with van der Waals surface area (Å²) in [6.45, 7) is 0. The first kappa shape index (κ1) is 18.0. The first-order valence-electron chi connectivity index (χ1n) is 8.34. The highest BCUT2D eigenvalue weighted by Gasteiger charge is 2.11. The van der Waals surface area contributed by atoms with Gasteiger partial charge in [-0.3, -0.25) is 4.79 Å². The molecule has 0 aliphatic carbocycles. The number of benzene rings is 2. The number of para-hydroxylation sites is 1. The summed E-state index contributed by atoms with van der Waals surface area (Å²) in [5.41, 5.74) is 1.35. The Balaban J connectivity index is 1.52. The maximum absolute atomic E-state index is 12.3. The number of fused-ring (bicyclic) bond motifs is 1. The summed E-state index contributed by atoms with van der Waals surface area (Å²) in [7, 11) is -3.74. The molecule has 2 heterocycles. The van der Waals surface area contributed by atoms with Crippen LogP contribution in [0.4, 0.5) is 0 Å². The Labute approximate surface area is 160 Å². The molecular formula is C21H15NO5S. The number of sulfonamides is 1. The molecule has 0 spiro atoms. The normalized spacial score (nSPS) is 12.0. The number of primary sulfonamides is 1. The van der Waals surface area contributed by atoms with Crippen LogP contribution < -0.4 is 5.14 Å². The zero-order valence-corrected chi connectivity index (χ0v) is 15.3. The van der Waals surface area contributed by atoms with Crippen LogP contribution in [0.1, 0.15) is 16.3 Å². The highest BCUT2D eigenvalue weighted by molar-refractivity contribution is 7.89. The molecule has 0 bridgehead atoms. The molecule has 2 aromatic carbocycles. The lowest BCUT2D eigenvalue weighted by Crippen LogP contribution is -2.11. The van der Waals surface area contributed by atoms with E-state index in [1.165, 1.54) is 18.2 Å². The van der Waals surface area contributed by atoms with Gasteiger partial charge in [-0.2, -0.15) is 0 Å². The van der Waals surface area contributed by atoms with Crippen molar-refractivity contribution in [2.45, 2.75) is 4.90 Å². The summed E-state index contributed by atoms with van der Waals surface area (Å²) >= 11 is 0. The number of carbonyl (C=O) groups excluding carboxylic acids is 1. The SMILES string of the molecule is NS(=O)(=O)c1ccc(-c2ccc(C=CC(=O)c3cc4ccccc4o3)o2)cc1. The first-order chi connectivity index (χ1) is 13.4. The van der Waals surface area contributed by atoms with Crippen molar-refractivity contribution < 1.29 is 22.0 Å². The van der Waals surface area contributed by atoms with Gasteiger partial charge in [-0.05, 0) is 60.7 Å². The summed E-state index contributed by atoms with van der Waals surface area (Å²) in [6.07, 6.45) is 2.93. The van der Waals surface area contributed by atoms with Crippen LogP contribution in [0.2, 0.25) is 0 Å². The lowest BCUT2D eigenvalue weighted by molar-refractivity contribution is 0.102. The van der Waals surface area contributed by atoms with Crippen molar-refractivity contribution in [2.75, 3.05) is 0 Å². The maximum Gasteiger partial charge on any atom is 0.238 e. The molecule has 4 aromatic rings. The van der Waals surface area contributed by atoms with E-state index in [4.69, 9.17) is 14.0 Å². The monoisotopic (exact) mass is 393 g/mol. The minimum Gasteiger partial charge on any atom is -0.457 e. The smallest absolute Gasteiger partial charge is 0.238 e. The van der Waals surface area contributed by atoms with Crippen LogP contribution in [-0.4, -0.2) is 14.2 Å². The molecule has 0 saturated heterocycles. The number of hydrogen-bond donors (Lipinski definition) is 1. The highest BCUT2D eigenvalue weighted by atomic mass is 32.2. The van der Waals surface area contributed by atoms with Crippen molar-refractivity contribution in [3.05, 3.63) is 84.3 Å². The Morgan fingerprint density at radius 2 is 1.68 bits per heavy atom. The standard InChI is InChI=1S/C21H15NO5S/c22-28(24,25)17-9-5-14(6-10-17)20-12-8-16(26-20)7-11-18(23)21-13-15-3-1-2-4-19(15)27-21/h1-13H,(H2,22,24,25). The van der Waals surface area contributed by atoms with Crippen molar-refractivity contribution in [1.29, 1.82) is 0 Å². The average molecular weight is 393 g/mol. The Kier molecular flexibility index (Phi) is 4.46. The van der Waals surface area contributed by atoms with Crippen LogP contribution in [-0.2, 0) is 10.0 Å². The molecule has 140 valence electrons. The number of furan rings is 2. The van der Waals surface area contributed by atoms with Crippen LogP contribution in [0.5, 0.6) is 0 Å². The Morgan fingerprint density at radius 3 is 2.39 bits per heavy atom. The van der Waals surface area contributed by atoms with Gasteiger partial charge in [0.1, 0.15) is 17.1 Å². The van der Waals surface area contributed by atoms with Gasteiger partial charge in [0.15, 0.2) is 5.76 Å². The molecule has 0 aliphatic heterocycles. The predicted octanol–water partition coefficient (Wildman–Crippen LogP) is 4.24. The molecule has 6 nitrogen and oxygen atoms in total. The quantitative estimate of drug-likeness (QED) is 0.403. The van der Waals surface area contributed by atoms with Crippen molar-refractivity contribution >= 4 is 32.9 Å². The molecule has 0 amide bonds. The third-order valence-electron chi connectivity index (χ3n) is 4.16. The number of rotatable bonds is 5. The molecule has 0 aliphatic rings. The molecule has 0 unspecified atom stereocenters. The van der Waals surface area contributed by atoms with Gasteiger partial charge in [0.25, 0.3) is 0 Å². The second kappa shape index (κ2) is 6.95. The fourth-order valence-corrected chi connectivity index (χ4v) is 3.27. The molecule has 4 rings (SSSR count). The van der Waals surface area contributed by atoms with Crippen molar-refractivity contribution in [3.8, 4) is 11.3 Å². The van der Waals surface area contributed by atoms with E-state index in [0.717, 1.165) is 5.39 Å². The van der Waals surface area contributed by atoms with Crippen molar-refractivity contribution in [3.63, 3.8) is 0 Å². The lowest BCUT2D eigenvalue weighted by atomic mass is 10.2. The summed E-state index contributed by atoms with van der Waals surface area (Å²) < 4.78 is 33.9. The number of nitrogens with two attached hydrogens (primary N) is 1. The summed E-state index contributed by atoms with van der Waals surface area (Å²) in [6, 6.07) is 18.6. The predicted molar refractivity (Wildman–Crippen MR) is 105 cm³/mol. The average Bonchev–Trinajstić information content (AvgIpc) is 3.32. The molecule has 0 saturated carbocycles. The zero-order valence-electron chi connectivity index (χ0n) is 14.5. The third-order valence-corrected chi connectivity index (χ3v) is 5.09. The van der Waals surface area contributed by atoms with E-state index in [2.05, 4.69) is 0 Å². The minimum atomic E-state index is -3.74. The van der Waals surface area contributed by atoms with Crippen molar-refractivity contribution in [2.24, 2.45) is 5.14 Å². The minimum absolute atomic E-state index is 0.0272. The van der Waals surface area contributed by atoms with Gasteiger partial charge in [0.2, 0.25) is 15.8 Å². The van der Waals surface area contributed by atoms with Gasteiger partial charge >= 0.3 is 0 Å². The summed E-state index contributed by atoms with van der Waals surface area (Å²) in [5.74, 6) is 1.00. The van der Waals surface area contributed by atoms with Crippen LogP contribution >= 0.6 is 0 Å². The van der Waals surface area contributed by atoms with E-state index < -0.39 is 10.0 Å². The lowest BCUT2D eigenvalue weighted by Gasteiger charge is -2.00. The topological polar surface area (TPSA) is 104 Å². The Morgan fingerprint density at radius 1 is 0.929 bits per heavy atom. The number of ketones is 1. The van der Waals surface area contributed by atoms with Gasteiger partial charge in [0, 0.05) is 10.9 Å². The van der Waals surface area contributed by atoms with Gasteiger partial charge in [-0.25, -0.2) is 13.6 Å². The van der Waals surface area contributed by atoms with Crippen molar-refractivity contribution in [1.82, 2.24) is 0 Å². The fourth-order valence-electron chi connectivity index (χ4n) is 2.75. The van der Waals surface area contributed by atoms with E-state index in [1.54, 1.807) is 42.5 Å². The molecule has 0 radical (unpaired) electrons. The van der Waals surface area contributed by atoms with Crippen LogP contribution in [0.3, 0.4) is 0 Å². The van der Waals surface area contributed by atoms with E-state index in [0.29, 0.717) is 22.7 Å². The number of carbonyl (C=O) groups is 1. The maximum atomic E-state index is 12.3.